The molecule has 0 radical (unpaired) electrons. The first kappa shape index (κ1) is 21.2. The van der Waals surface area contributed by atoms with E-state index in [1.807, 2.05) is 29.2 Å². The summed E-state index contributed by atoms with van der Waals surface area (Å²) in [6, 6.07) is 12.1. The molecule has 2 aliphatic heterocycles. The lowest BCUT2D eigenvalue weighted by Crippen LogP contribution is -2.37. The average molecular weight is 426 g/mol. The zero-order valence-electron chi connectivity index (χ0n) is 17.3. The molecule has 4 rings (SSSR count). The number of nitro groups is 1. The number of nitrogens with zero attached hydrogens (tertiary/aromatic N) is 3. The second-order valence-corrected chi connectivity index (χ2v) is 7.60. The monoisotopic (exact) mass is 426 g/mol. The minimum atomic E-state index is -0.486. The lowest BCUT2D eigenvalue weighted by molar-refractivity contribution is -0.384. The van der Waals surface area contributed by atoms with Gasteiger partial charge in [-0.3, -0.25) is 19.8 Å². The normalized spacial score (nSPS) is 17.4. The highest BCUT2D eigenvalue weighted by Gasteiger charge is 2.22. The second kappa shape index (κ2) is 9.86. The fourth-order valence-corrected chi connectivity index (χ4v) is 3.81. The van der Waals surface area contributed by atoms with Crippen molar-refractivity contribution in [3.05, 3.63) is 63.7 Å². The number of benzene rings is 2. The van der Waals surface area contributed by atoms with E-state index < -0.39 is 4.92 Å². The van der Waals surface area contributed by atoms with Gasteiger partial charge in [0.2, 0.25) is 0 Å². The van der Waals surface area contributed by atoms with E-state index in [2.05, 4.69) is 10.2 Å². The molecule has 0 saturated carbocycles. The molecule has 0 bridgehead atoms. The van der Waals surface area contributed by atoms with Crippen LogP contribution < -0.4 is 10.2 Å². The summed E-state index contributed by atoms with van der Waals surface area (Å²) in [4.78, 5) is 28.2. The van der Waals surface area contributed by atoms with Gasteiger partial charge in [-0.25, -0.2) is 0 Å². The predicted molar refractivity (Wildman–Crippen MR) is 117 cm³/mol. The molecular formula is C22H26N4O5. The summed E-state index contributed by atoms with van der Waals surface area (Å²) in [5.41, 5.74) is 2.66. The molecule has 9 nitrogen and oxygen atoms in total. The van der Waals surface area contributed by atoms with E-state index in [9.17, 15) is 14.9 Å². The number of ether oxygens (including phenoxy) is 2. The van der Waals surface area contributed by atoms with Crippen LogP contribution in [0.1, 0.15) is 15.9 Å². The van der Waals surface area contributed by atoms with Crippen molar-refractivity contribution in [2.45, 2.75) is 6.54 Å². The minimum Gasteiger partial charge on any atom is -0.379 e. The SMILES string of the molecule is O=C(Nc1ccc(CN2CCOCC2)cc1)c1cc([N+](=O)[O-])ccc1N1CCOCC1. The first-order chi connectivity index (χ1) is 15.1. The van der Waals surface area contributed by atoms with Gasteiger partial charge < -0.3 is 19.7 Å². The molecule has 0 aliphatic carbocycles. The van der Waals surface area contributed by atoms with Gasteiger partial charge >= 0.3 is 0 Å². The summed E-state index contributed by atoms with van der Waals surface area (Å²) in [5.74, 6) is -0.369. The lowest BCUT2D eigenvalue weighted by atomic mass is 10.1. The Bertz CT molecular complexity index is 922. The lowest BCUT2D eigenvalue weighted by Gasteiger charge is -2.30. The maximum absolute atomic E-state index is 13.0. The van der Waals surface area contributed by atoms with Gasteiger partial charge in [-0.2, -0.15) is 0 Å². The third kappa shape index (κ3) is 5.38. The van der Waals surface area contributed by atoms with Crippen molar-refractivity contribution in [3.8, 4) is 0 Å². The van der Waals surface area contributed by atoms with E-state index in [0.717, 1.165) is 38.4 Å². The minimum absolute atomic E-state index is 0.108. The van der Waals surface area contributed by atoms with Crippen molar-refractivity contribution >= 4 is 23.0 Å². The van der Waals surface area contributed by atoms with Crippen LogP contribution in [-0.4, -0.2) is 68.3 Å². The summed E-state index contributed by atoms with van der Waals surface area (Å²) in [6.45, 7) is 6.55. The number of nitrogens with one attached hydrogen (secondary N) is 1. The fourth-order valence-electron chi connectivity index (χ4n) is 3.81. The average Bonchev–Trinajstić information content (AvgIpc) is 2.81. The quantitative estimate of drug-likeness (QED) is 0.560. The number of amides is 1. The molecule has 1 amide bonds. The largest absolute Gasteiger partial charge is 0.379 e. The maximum atomic E-state index is 13.0. The van der Waals surface area contributed by atoms with E-state index in [1.165, 1.54) is 12.1 Å². The fraction of sp³-hybridized carbons (Fsp3) is 0.409. The number of hydrogen-bond donors (Lipinski definition) is 1. The third-order valence-electron chi connectivity index (χ3n) is 5.51. The van der Waals surface area contributed by atoms with Gasteiger partial charge in [-0.05, 0) is 23.8 Å². The summed E-state index contributed by atoms with van der Waals surface area (Å²) >= 11 is 0. The molecule has 31 heavy (non-hydrogen) atoms. The predicted octanol–water partition coefficient (Wildman–Crippen LogP) is 2.52. The van der Waals surface area contributed by atoms with Crippen LogP contribution in [0.5, 0.6) is 0 Å². The molecule has 2 heterocycles. The molecule has 9 heteroatoms. The Balaban J connectivity index is 1.49. The molecule has 0 atom stereocenters. The van der Waals surface area contributed by atoms with Gasteiger partial charge in [0.15, 0.2) is 0 Å². The Morgan fingerprint density at radius 1 is 0.968 bits per heavy atom. The summed E-state index contributed by atoms with van der Waals surface area (Å²) in [7, 11) is 0. The molecule has 2 aromatic rings. The molecular weight excluding hydrogens is 400 g/mol. The van der Waals surface area contributed by atoms with E-state index in [0.29, 0.717) is 37.7 Å². The molecule has 0 aromatic heterocycles. The van der Waals surface area contributed by atoms with Crippen LogP contribution in [-0.2, 0) is 16.0 Å². The van der Waals surface area contributed by atoms with Crippen LogP contribution in [0.4, 0.5) is 17.1 Å². The van der Waals surface area contributed by atoms with E-state index in [-0.39, 0.29) is 17.2 Å². The molecule has 0 spiro atoms. The topological polar surface area (TPSA) is 97.2 Å². The van der Waals surface area contributed by atoms with Gasteiger partial charge in [0, 0.05) is 50.5 Å². The summed E-state index contributed by atoms with van der Waals surface area (Å²) in [5, 5.41) is 14.1. The number of anilines is 2. The van der Waals surface area contributed by atoms with Crippen LogP contribution in [0, 0.1) is 10.1 Å². The van der Waals surface area contributed by atoms with E-state index in [1.54, 1.807) is 6.07 Å². The van der Waals surface area contributed by atoms with Crippen molar-refractivity contribution in [3.63, 3.8) is 0 Å². The number of hydrogen-bond acceptors (Lipinski definition) is 7. The number of carbonyl (C=O) groups excluding carboxylic acids is 1. The smallest absolute Gasteiger partial charge is 0.270 e. The third-order valence-corrected chi connectivity index (χ3v) is 5.51. The highest BCUT2D eigenvalue weighted by atomic mass is 16.6. The van der Waals surface area contributed by atoms with Crippen molar-refractivity contribution < 1.29 is 19.2 Å². The van der Waals surface area contributed by atoms with Crippen molar-refractivity contribution in [1.82, 2.24) is 4.90 Å². The zero-order valence-corrected chi connectivity index (χ0v) is 17.3. The molecule has 2 aromatic carbocycles. The standard InChI is InChI=1S/C22H26N4O5/c27-22(23-18-3-1-17(2-4-18)16-24-7-11-30-12-8-24)20-15-19(26(28)29)5-6-21(20)25-9-13-31-14-10-25/h1-6,15H,7-14,16H2,(H,23,27). The van der Waals surface area contributed by atoms with Crippen molar-refractivity contribution in [2.75, 3.05) is 62.8 Å². The van der Waals surface area contributed by atoms with Crippen LogP contribution in [0.2, 0.25) is 0 Å². The van der Waals surface area contributed by atoms with Crippen LogP contribution in [0.25, 0.3) is 0 Å². The molecule has 0 unspecified atom stereocenters. The first-order valence-corrected chi connectivity index (χ1v) is 10.4. The van der Waals surface area contributed by atoms with E-state index >= 15 is 0 Å². The van der Waals surface area contributed by atoms with Gasteiger partial charge in [0.05, 0.1) is 42.6 Å². The molecule has 2 saturated heterocycles. The summed E-state index contributed by atoms with van der Waals surface area (Å²) < 4.78 is 10.8. The number of nitro benzene ring substituents is 1. The highest BCUT2D eigenvalue weighted by Crippen LogP contribution is 2.27. The number of carbonyl (C=O) groups is 1. The number of rotatable bonds is 6. The van der Waals surface area contributed by atoms with Crippen LogP contribution >= 0.6 is 0 Å². The maximum Gasteiger partial charge on any atom is 0.270 e. The second-order valence-electron chi connectivity index (χ2n) is 7.60. The van der Waals surface area contributed by atoms with Gasteiger partial charge in [0.1, 0.15) is 0 Å². The Labute approximate surface area is 180 Å². The van der Waals surface area contributed by atoms with Crippen LogP contribution in [0.15, 0.2) is 42.5 Å². The number of non-ortho nitro benzene ring substituents is 1. The first-order valence-electron chi connectivity index (χ1n) is 10.4. The Morgan fingerprint density at radius 2 is 1.61 bits per heavy atom. The van der Waals surface area contributed by atoms with Crippen LogP contribution in [0.3, 0.4) is 0 Å². The Kier molecular flexibility index (Phi) is 6.76. The zero-order chi connectivity index (χ0) is 21.6. The van der Waals surface area contributed by atoms with Gasteiger partial charge in [0.25, 0.3) is 11.6 Å². The van der Waals surface area contributed by atoms with Crippen molar-refractivity contribution in [2.24, 2.45) is 0 Å². The molecule has 164 valence electrons. The van der Waals surface area contributed by atoms with Crippen molar-refractivity contribution in [1.29, 1.82) is 0 Å². The highest BCUT2D eigenvalue weighted by molar-refractivity contribution is 6.08. The summed E-state index contributed by atoms with van der Waals surface area (Å²) in [6.07, 6.45) is 0. The number of morpholine rings is 2. The molecule has 1 N–H and O–H groups in total. The Morgan fingerprint density at radius 3 is 2.26 bits per heavy atom. The van der Waals surface area contributed by atoms with E-state index in [4.69, 9.17) is 9.47 Å². The van der Waals surface area contributed by atoms with Gasteiger partial charge in [-0.1, -0.05) is 12.1 Å². The van der Waals surface area contributed by atoms with Gasteiger partial charge in [-0.15, -0.1) is 0 Å². The molecule has 2 fully saturated rings. The Hall–Kier alpha value is -3.01. The molecule has 2 aliphatic rings.